The maximum Gasteiger partial charge on any atom is 0.229 e. The minimum atomic E-state index is -0.0424. The van der Waals surface area contributed by atoms with Crippen molar-refractivity contribution in [3.05, 3.63) is 88.3 Å². The quantitative estimate of drug-likeness (QED) is 0.609. The fraction of sp³-hybridized carbons (Fsp3) is 0.222. The summed E-state index contributed by atoms with van der Waals surface area (Å²) in [4.78, 5) is 22.7. The van der Waals surface area contributed by atoms with Gasteiger partial charge in [-0.05, 0) is 42.4 Å². The lowest BCUT2D eigenvalue weighted by molar-refractivity contribution is -0.115. The van der Waals surface area contributed by atoms with Crippen LogP contribution in [0.1, 0.15) is 47.8 Å². The number of carbonyl (C=O) groups excluding carboxylic acids is 1. The van der Waals surface area contributed by atoms with Crippen LogP contribution in [0.3, 0.4) is 0 Å². The van der Waals surface area contributed by atoms with Gasteiger partial charge < -0.3 is 5.32 Å². The minimum Gasteiger partial charge on any atom is -0.309 e. The molecule has 0 unspecified atom stereocenters. The first kappa shape index (κ1) is 19.4. The lowest BCUT2D eigenvalue weighted by Crippen LogP contribution is -2.18. The highest BCUT2D eigenvalue weighted by molar-refractivity contribution is 5.93. The molecular formula is C27H25N3O. The van der Waals surface area contributed by atoms with Gasteiger partial charge in [-0.15, -0.1) is 0 Å². The molecule has 1 amide bonds. The Labute approximate surface area is 182 Å². The Morgan fingerprint density at radius 2 is 1.81 bits per heavy atom. The van der Waals surface area contributed by atoms with Gasteiger partial charge in [-0.25, -0.2) is 9.97 Å². The Kier molecular flexibility index (Phi) is 5.21. The monoisotopic (exact) mass is 407 g/mol. The second-order valence-electron chi connectivity index (χ2n) is 8.09. The number of aryl methyl sites for hydroxylation is 3. The van der Waals surface area contributed by atoms with E-state index < -0.39 is 0 Å². The fourth-order valence-corrected chi connectivity index (χ4v) is 4.38. The number of benzene rings is 2. The van der Waals surface area contributed by atoms with E-state index >= 15 is 0 Å². The predicted molar refractivity (Wildman–Crippen MR) is 126 cm³/mol. The van der Waals surface area contributed by atoms with Crippen molar-refractivity contribution in [2.45, 2.75) is 39.0 Å². The van der Waals surface area contributed by atoms with Crippen molar-refractivity contribution in [2.24, 2.45) is 0 Å². The number of allylic oxidation sites excluding steroid dienone is 1. The van der Waals surface area contributed by atoms with E-state index in [1.165, 1.54) is 11.1 Å². The number of fused-ring (bicyclic) bond motifs is 4. The van der Waals surface area contributed by atoms with Crippen LogP contribution < -0.4 is 5.32 Å². The van der Waals surface area contributed by atoms with E-state index in [2.05, 4.69) is 60.8 Å². The summed E-state index contributed by atoms with van der Waals surface area (Å²) in [5.74, 6) is 0.565. The topological polar surface area (TPSA) is 54.9 Å². The number of hydrogen-bond donors (Lipinski definition) is 1. The summed E-state index contributed by atoms with van der Waals surface area (Å²) < 4.78 is 0. The number of amides is 1. The van der Waals surface area contributed by atoms with Crippen LogP contribution in [0, 0.1) is 0 Å². The number of hydrogen-bond acceptors (Lipinski definition) is 3. The molecule has 2 aliphatic carbocycles. The lowest BCUT2D eigenvalue weighted by Gasteiger charge is -2.20. The molecule has 0 radical (unpaired) electrons. The molecule has 0 saturated carbocycles. The first-order valence-electron chi connectivity index (χ1n) is 10.9. The molecular weight excluding hydrogens is 382 g/mol. The number of nitrogens with one attached hydrogen (secondary N) is 1. The first-order valence-corrected chi connectivity index (χ1v) is 10.9. The molecule has 5 rings (SSSR count). The Morgan fingerprint density at radius 1 is 1.00 bits per heavy atom. The van der Waals surface area contributed by atoms with Gasteiger partial charge in [0.1, 0.15) is 0 Å². The molecule has 0 bridgehead atoms. The van der Waals surface area contributed by atoms with E-state index in [0.717, 1.165) is 59.5 Å². The van der Waals surface area contributed by atoms with Crippen LogP contribution in [0.25, 0.3) is 23.4 Å². The Morgan fingerprint density at radius 3 is 2.68 bits per heavy atom. The third-order valence-electron chi connectivity index (χ3n) is 5.96. The van der Waals surface area contributed by atoms with Gasteiger partial charge in [0.25, 0.3) is 0 Å². The van der Waals surface area contributed by atoms with Gasteiger partial charge in [-0.2, -0.15) is 0 Å². The number of nitrogens with zero attached hydrogens (tertiary/aromatic N) is 2. The van der Waals surface area contributed by atoms with Crippen LogP contribution in [0.5, 0.6) is 0 Å². The summed E-state index contributed by atoms with van der Waals surface area (Å²) in [5.41, 5.74) is 8.68. The largest absolute Gasteiger partial charge is 0.309 e. The molecule has 1 N–H and O–H groups in total. The van der Waals surface area contributed by atoms with Crippen LogP contribution in [-0.4, -0.2) is 15.9 Å². The molecule has 3 aromatic rings. The third-order valence-corrected chi connectivity index (χ3v) is 5.96. The fourth-order valence-electron chi connectivity index (χ4n) is 4.38. The highest BCUT2D eigenvalue weighted by atomic mass is 16.1. The standard InChI is InChI=1S/C27H25N3O/c1-2-23-27(29-24-15-14-20-10-5-6-13-22(20)26(24)28-23)30-25(31)17-18-8-7-12-19-9-3-4-11-21(19)16-18/h3-7,9-13,16H,2,8,14-15,17H2,1H3,(H,29,30,31). The molecule has 4 heteroatoms. The minimum absolute atomic E-state index is 0.0424. The number of aromatic nitrogens is 2. The number of carbonyl (C=O) groups is 1. The average Bonchev–Trinajstić information content (AvgIpc) is 3.00. The Balaban J connectivity index is 1.39. The van der Waals surface area contributed by atoms with Crippen LogP contribution in [-0.2, 0) is 24.1 Å². The lowest BCUT2D eigenvalue weighted by atomic mass is 9.92. The van der Waals surface area contributed by atoms with Crippen molar-refractivity contribution >= 4 is 23.9 Å². The third kappa shape index (κ3) is 3.93. The molecule has 154 valence electrons. The number of anilines is 1. The second-order valence-corrected chi connectivity index (χ2v) is 8.09. The summed E-state index contributed by atoms with van der Waals surface area (Å²) in [5, 5.41) is 3.05. The zero-order chi connectivity index (χ0) is 21.2. The summed E-state index contributed by atoms with van der Waals surface area (Å²) in [6, 6.07) is 16.6. The first-order chi connectivity index (χ1) is 15.2. The van der Waals surface area contributed by atoms with Crippen molar-refractivity contribution < 1.29 is 4.79 Å². The summed E-state index contributed by atoms with van der Waals surface area (Å²) in [6.45, 7) is 2.05. The highest BCUT2D eigenvalue weighted by Crippen LogP contribution is 2.32. The van der Waals surface area contributed by atoms with Crippen molar-refractivity contribution in [1.82, 2.24) is 9.97 Å². The molecule has 0 spiro atoms. The molecule has 0 fully saturated rings. The van der Waals surface area contributed by atoms with E-state index in [-0.39, 0.29) is 5.91 Å². The number of rotatable bonds is 4. The normalized spacial score (nSPS) is 14.0. The van der Waals surface area contributed by atoms with Gasteiger partial charge >= 0.3 is 0 Å². The molecule has 31 heavy (non-hydrogen) atoms. The molecule has 2 aromatic carbocycles. The van der Waals surface area contributed by atoms with Crippen LogP contribution in [0.2, 0.25) is 0 Å². The van der Waals surface area contributed by atoms with Crippen molar-refractivity contribution in [3.63, 3.8) is 0 Å². The van der Waals surface area contributed by atoms with E-state index in [1.807, 2.05) is 18.2 Å². The molecule has 1 heterocycles. The SMILES string of the molecule is CCc1nc2c(nc1NC(=O)CC1=Cc3ccccc3C=CC1)CCc1ccccc1-2. The van der Waals surface area contributed by atoms with Gasteiger partial charge in [0.15, 0.2) is 5.82 Å². The smallest absolute Gasteiger partial charge is 0.229 e. The molecule has 0 atom stereocenters. The van der Waals surface area contributed by atoms with Crippen molar-refractivity contribution in [3.8, 4) is 11.3 Å². The Hall–Kier alpha value is -3.53. The molecule has 0 saturated heterocycles. The van der Waals surface area contributed by atoms with Gasteiger partial charge in [0.2, 0.25) is 5.91 Å². The van der Waals surface area contributed by atoms with Gasteiger partial charge in [-0.1, -0.05) is 79.3 Å². The van der Waals surface area contributed by atoms with Gasteiger partial charge in [0, 0.05) is 12.0 Å². The van der Waals surface area contributed by atoms with Crippen molar-refractivity contribution in [2.75, 3.05) is 5.32 Å². The maximum atomic E-state index is 12.9. The average molecular weight is 408 g/mol. The summed E-state index contributed by atoms with van der Waals surface area (Å²) in [6.07, 6.45) is 10.0. The zero-order valence-electron chi connectivity index (χ0n) is 17.7. The molecule has 1 aromatic heterocycles. The van der Waals surface area contributed by atoms with Gasteiger partial charge in [0.05, 0.1) is 17.1 Å². The van der Waals surface area contributed by atoms with Gasteiger partial charge in [-0.3, -0.25) is 4.79 Å². The van der Waals surface area contributed by atoms with Crippen LogP contribution in [0.15, 0.2) is 60.2 Å². The summed E-state index contributed by atoms with van der Waals surface area (Å²) in [7, 11) is 0. The van der Waals surface area contributed by atoms with E-state index in [4.69, 9.17) is 9.97 Å². The van der Waals surface area contributed by atoms with E-state index in [1.54, 1.807) is 0 Å². The van der Waals surface area contributed by atoms with Crippen LogP contribution >= 0.6 is 0 Å². The van der Waals surface area contributed by atoms with E-state index in [9.17, 15) is 4.79 Å². The zero-order valence-corrected chi connectivity index (χ0v) is 17.7. The molecule has 0 aliphatic heterocycles. The molecule has 2 aliphatic rings. The highest BCUT2D eigenvalue weighted by Gasteiger charge is 2.21. The predicted octanol–water partition coefficient (Wildman–Crippen LogP) is 5.63. The molecule has 4 nitrogen and oxygen atoms in total. The Bertz CT molecular complexity index is 1220. The maximum absolute atomic E-state index is 12.9. The summed E-state index contributed by atoms with van der Waals surface area (Å²) >= 11 is 0. The van der Waals surface area contributed by atoms with Crippen molar-refractivity contribution in [1.29, 1.82) is 0 Å². The second kappa shape index (κ2) is 8.31. The van der Waals surface area contributed by atoms with Crippen LogP contribution in [0.4, 0.5) is 5.82 Å². The van der Waals surface area contributed by atoms with E-state index in [0.29, 0.717) is 12.2 Å².